The Morgan fingerprint density at radius 1 is 1.15 bits per heavy atom. The first-order valence-electron chi connectivity index (χ1n) is 7.06. The maximum absolute atomic E-state index is 12.5. The molecule has 2 rings (SSSR count). The standard InChI is InChI=1S/C15H20F3NO/c16-15(17,18)12-6-7-14(13(19)10-12)20-9-8-11-4-2-1-3-5-11/h6-7,10-11H,1-5,8-9,19H2. The summed E-state index contributed by atoms with van der Waals surface area (Å²) in [6.07, 6.45) is 2.89. The van der Waals surface area contributed by atoms with E-state index in [9.17, 15) is 13.2 Å². The van der Waals surface area contributed by atoms with Gasteiger partial charge in [0.2, 0.25) is 0 Å². The SMILES string of the molecule is Nc1cc(C(F)(F)F)ccc1OCCC1CCCCC1. The van der Waals surface area contributed by atoms with Crippen molar-refractivity contribution in [3.8, 4) is 5.75 Å². The van der Waals surface area contributed by atoms with Crippen molar-refractivity contribution >= 4 is 5.69 Å². The van der Waals surface area contributed by atoms with E-state index in [2.05, 4.69) is 0 Å². The fourth-order valence-electron chi connectivity index (χ4n) is 2.67. The van der Waals surface area contributed by atoms with Crippen molar-refractivity contribution in [1.82, 2.24) is 0 Å². The molecule has 112 valence electrons. The van der Waals surface area contributed by atoms with Crippen LogP contribution in [0.3, 0.4) is 0 Å². The van der Waals surface area contributed by atoms with Crippen LogP contribution in [-0.2, 0) is 6.18 Å². The highest BCUT2D eigenvalue weighted by Crippen LogP contribution is 2.34. The zero-order chi connectivity index (χ0) is 14.6. The summed E-state index contributed by atoms with van der Waals surface area (Å²) in [5.74, 6) is 1.02. The number of halogens is 3. The summed E-state index contributed by atoms with van der Waals surface area (Å²) in [4.78, 5) is 0. The maximum Gasteiger partial charge on any atom is 0.416 e. The van der Waals surface area contributed by atoms with Crippen LogP contribution in [-0.4, -0.2) is 6.61 Å². The molecular weight excluding hydrogens is 267 g/mol. The van der Waals surface area contributed by atoms with Gasteiger partial charge < -0.3 is 10.5 Å². The lowest BCUT2D eigenvalue weighted by Gasteiger charge is -2.21. The van der Waals surface area contributed by atoms with Crippen LogP contribution in [0.4, 0.5) is 18.9 Å². The minimum atomic E-state index is -4.37. The van der Waals surface area contributed by atoms with Gasteiger partial charge in [0.25, 0.3) is 0 Å². The predicted octanol–water partition coefficient (Wildman–Crippen LogP) is 4.64. The van der Waals surface area contributed by atoms with E-state index in [1.54, 1.807) is 0 Å². The van der Waals surface area contributed by atoms with E-state index in [4.69, 9.17) is 10.5 Å². The van der Waals surface area contributed by atoms with Gasteiger partial charge in [-0.2, -0.15) is 13.2 Å². The van der Waals surface area contributed by atoms with Gasteiger partial charge in [-0.05, 0) is 30.5 Å². The molecule has 1 aromatic carbocycles. The van der Waals surface area contributed by atoms with Crippen LogP contribution in [0.15, 0.2) is 18.2 Å². The molecule has 0 amide bonds. The molecule has 1 aliphatic carbocycles. The lowest BCUT2D eigenvalue weighted by molar-refractivity contribution is -0.137. The number of nitrogen functional groups attached to an aromatic ring is 1. The van der Waals surface area contributed by atoms with Gasteiger partial charge in [-0.25, -0.2) is 0 Å². The highest BCUT2D eigenvalue weighted by Gasteiger charge is 2.30. The van der Waals surface area contributed by atoms with Crippen molar-refractivity contribution in [3.63, 3.8) is 0 Å². The Kier molecular flexibility index (Phi) is 4.78. The Balaban J connectivity index is 1.86. The summed E-state index contributed by atoms with van der Waals surface area (Å²) in [6.45, 7) is 0.514. The first-order valence-corrected chi connectivity index (χ1v) is 7.06. The molecule has 1 saturated carbocycles. The number of hydrogen-bond acceptors (Lipinski definition) is 2. The lowest BCUT2D eigenvalue weighted by atomic mass is 9.87. The monoisotopic (exact) mass is 287 g/mol. The van der Waals surface area contributed by atoms with Gasteiger partial charge >= 0.3 is 6.18 Å². The van der Waals surface area contributed by atoms with E-state index in [1.807, 2.05) is 0 Å². The van der Waals surface area contributed by atoms with E-state index in [-0.39, 0.29) is 5.69 Å². The number of ether oxygens (including phenoxy) is 1. The van der Waals surface area contributed by atoms with Gasteiger partial charge in [-0.15, -0.1) is 0 Å². The molecule has 2 N–H and O–H groups in total. The van der Waals surface area contributed by atoms with Crippen LogP contribution in [0.25, 0.3) is 0 Å². The van der Waals surface area contributed by atoms with Gasteiger partial charge in [0.1, 0.15) is 5.75 Å². The second-order valence-corrected chi connectivity index (χ2v) is 5.39. The van der Waals surface area contributed by atoms with E-state index in [1.165, 1.54) is 38.2 Å². The van der Waals surface area contributed by atoms with Crippen LogP contribution < -0.4 is 10.5 Å². The van der Waals surface area contributed by atoms with Crippen molar-refractivity contribution in [2.24, 2.45) is 5.92 Å². The zero-order valence-corrected chi connectivity index (χ0v) is 11.4. The first kappa shape index (κ1) is 15.0. The number of benzene rings is 1. The van der Waals surface area contributed by atoms with Crippen molar-refractivity contribution in [1.29, 1.82) is 0 Å². The van der Waals surface area contributed by atoms with Gasteiger partial charge in [0.05, 0.1) is 17.9 Å². The molecule has 0 atom stereocenters. The van der Waals surface area contributed by atoms with Gasteiger partial charge in [0.15, 0.2) is 0 Å². The quantitative estimate of drug-likeness (QED) is 0.819. The van der Waals surface area contributed by atoms with Crippen LogP contribution >= 0.6 is 0 Å². The number of hydrogen-bond donors (Lipinski definition) is 1. The van der Waals surface area contributed by atoms with E-state index >= 15 is 0 Å². The van der Waals surface area contributed by atoms with Crippen molar-refractivity contribution < 1.29 is 17.9 Å². The topological polar surface area (TPSA) is 35.2 Å². The third kappa shape index (κ3) is 4.05. The summed E-state index contributed by atoms with van der Waals surface area (Å²) in [5, 5.41) is 0. The second kappa shape index (κ2) is 6.37. The third-order valence-corrected chi connectivity index (χ3v) is 3.85. The number of nitrogens with two attached hydrogens (primary N) is 1. The average Bonchev–Trinajstić information content (AvgIpc) is 2.40. The Morgan fingerprint density at radius 2 is 1.85 bits per heavy atom. The molecule has 0 heterocycles. The summed E-state index contributed by atoms with van der Waals surface area (Å²) >= 11 is 0. The van der Waals surface area contributed by atoms with Crippen LogP contribution in [0, 0.1) is 5.92 Å². The van der Waals surface area contributed by atoms with Gasteiger partial charge in [-0.1, -0.05) is 32.1 Å². The summed E-state index contributed by atoms with van der Waals surface area (Å²) < 4.78 is 43.0. The molecule has 5 heteroatoms. The van der Waals surface area contributed by atoms with Crippen molar-refractivity contribution in [3.05, 3.63) is 23.8 Å². The molecule has 20 heavy (non-hydrogen) atoms. The van der Waals surface area contributed by atoms with Crippen molar-refractivity contribution in [2.45, 2.75) is 44.7 Å². The smallest absolute Gasteiger partial charge is 0.416 e. The molecular formula is C15H20F3NO. The second-order valence-electron chi connectivity index (χ2n) is 5.39. The number of alkyl halides is 3. The molecule has 1 aliphatic rings. The van der Waals surface area contributed by atoms with Crippen LogP contribution in [0.2, 0.25) is 0 Å². The molecule has 0 aromatic heterocycles. The fraction of sp³-hybridized carbons (Fsp3) is 0.600. The molecule has 0 bridgehead atoms. The van der Waals surface area contributed by atoms with Crippen LogP contribution in [0.1, 0.15) is 44.1 Å². The summed E-state index contributed by atoms with van der Waals surface area (Å²) in [7, 11) is 0. The molecule has 2 nitrogen and oxygen atoms in total. The minimum absolute atomic E-state index is 0.0449. The normalized spacial score (nSPS) is 17.1. The van der Waals surface area contributed by atoms with Crippen molar-refractivity contribution in [2.75, 3.05) is 12.3 Å². The fourth-order valence-corrected chi connectivity index (χ4v) is 2.67. The largest absolute Gasteiger partial charge is 0.491 e. The zero-order valence-electron chi connectivity index (χ0n) is 11.4. The molecule has 1 aromatic rings. The summed E-state index contributed by atoms with van der Waals surface area (Å²) in [5.41, 5.74) is 4.92. The van der Waals surface area contributed by atoms with E-state index < -0.39 is 11.7 Å². The molecule has 0 unspecified atom stereocenters. The highest BCUT2D eigenvalue weighted by atomic mass is 19.4. The highest BCUT2D eigenvalue weighted by molar-refractivity contribution is 5.54. The number of anilines is 1. The molecule has 1 fully saturated rings. The Morgan fingerprint density at radius 3 is 2.45 bits per heavy atom. The van der Waals surface area contributed by atoms with Gasteiger partial charge in [0, 0.05) is 0 Å². The van der Waals surface area contributed by atoms with Gasteiger partial charge in [-0.3, -0.25) is 0 Å². The Hall–Kier alpha value is -1.39. The molecule has 0 radical (unpaired) electrons. The predicted molar refractivity (Wildman–Crippen MR) is 72.5 cm³/mol. The number of rotatable bonds is 4. The Labute approximate surface area is 117 Å². The third-order valence-electron chi connectivity index (χ3n) is 3.85. The maximum atomic E-state index is 12.5. The lowest BCUT2D eigenvalue weighted by Crippen LogP contribution is -2.11. The van der Waals surface area contributed by atoms with E-state index in [0.29, 0.717) is 18.3 Å². The van der Waals surface area contributed by atoms with Crippen LogP contribution in [0.5, 0.6) is 5.75 Å². The first-order chi connectivity index (χ1) is 9.47. The van der Waals surface area contributed by atoms with E-state index in [0.717, 1.165) is 18.6 Å². The Bertz CT molecular complexity index is 439. The minimum Gasteiger partial charge on any atom is -0.491 e. The molecule has 0 saturated heterocycles. The molecule has 0 aliphatic heterocycles. The average molecular weight is 287 g/mol. The summed E-state index contributed by atoms with van der Waals surface area (Å²) in [6, 6.07) is 3.24. The molecule has 0 spiro atoms.